The van der Waals surface area contributed by atoms with Crippen LogP contribution in [0.3, 0.4) is 0 Å². The molecule has 1 saturated heterocycles. The summed E-state index contributed by atoms with van der Waals surface area (Å²) in [5, 5.41) is 12.5. The van der Waals surface area contributed by atoms with Gasteiger partial charge in [0.25, 0.3) is 0 Å². The summed E-state index contributed by atoms with van der Waals surface area (Å²) in [7, 11) is 2.05. The van der Waals surface area contributed by atoms with E-state index in [1.807, 2.05) is 19.2 Å². The second kappa shape index (κ2) is 6.93. The fourth-order valence-electron chi connectivity index (χ4n) is 3.11. The van der Waals surface area contributed by atoms with Gasteiger partial charge in [0.05, 0.1) is 6.07 Å². The Morgan fingerprint density at radius 3 is 2.64 bits per heavy atom. The van der Waals surface area contributed by atoms with Gasteiger partial charge >= 0.3 is 0 Å². The molecule has 0 saturated carbocycles. The zero-order valence-corrected chi connectivity index (χ0v) is 13.7. The summed E-state index contributed by atoms with van der Waals surface area (Å²) in [6, 6.07) is 10.5. The standard InChI is InChI=1S/C18H25N3O/c1-14-6-4-5-7-16(14)15(2)12-17(22)20-18(13-19)8-10-21(3)11-9-18/h4-7,15H,8-12H2,1-3H3,(H,20,22). The molecule has 1 unspecified atom stereocenters. The van der Waals surface area contributed by atoms with Gasteiger partial charge in [0, 0.05) is 19.5 Å². The van der Waals surface area contributed by atoms with Crippen LogP contribution in [0.25, 0.3) is 0 Å². The number of hydrogen-bond acceptors (Lipinski definition) is 3. The molecule has 1 fully saturated rings. The van der Waals surface area contributed by atoms with Crippen LogP contribution in [0.2, 0.25) is 0 Å². The Kier molecular flexibility index (Phi) is 5.20. The number of nitrogens with zero attached hydrogens (tertiary/aromatic N) is 2. The number of carbonyl (C=O) groups is 1. The molecule has 0 aromatic heterocycles. The molecule has 0 spiro atoms. The number of carbonyl (C=O) groups excluding carboxylic acids is 1. The maximum Gasteiger partial charge on any atom is 0.221 e. The number of piperidine rings is 1. The number of amides is 1. The Balaban J connectivity index is 1.98. The van der Waals surface area contributed by atoms with Crippen molar-refractivity contribution in [1.82, 2.24) is 10.2 Å². The lowest BCUT2D eigenvalue weighted by molar-refractivity contribution is -0.123. The third-order valence-electron chi connectivity index (χ3n) is 4.64. The van der Waals surface area contributed by atoms with Crippen LogP contribution in [0.4, 0.5) is 0 Å². The maximum atomic E-state index is 12.4. The molecule has 118 valence electrons. The van der Waals surface area contributed by atoms with Gasteiger partial charge in [-0.25, -0.2) is 0 Å². The van der Waals surface area contributed by atoms with Crippen LogP contribution >= 0.6 is 0 Å². The Morgan fingerprint density at radius 1 is 1.41 bits per heavy atom. The van der Waals surface area contributed by atoms with Gasteiger partial charge in [-0.1, -0.05) is 31.2 Å². The third kappa shape index (κ3) is 3.86. The minimum absolute atomic E-state index is 0.0261. The summed E-state index contributed by atoms with van der Waals surface area (Å²) in [5.74, 6) is 0.130. The van der Waals surface area contributed by atoms with E-state index in [1.165, 1.54) is 11.1 Å². The smallest absolute Gasteiger partial charge is 0.221 e. The highest BCUT2D eigenvalue weighted by Crippen LogP contribution is 2.25. The largest absolute Gasteiger partial charge is 0.338 e. The van der Waals surface area contributed by atoms with Crippen molar-refractivity contribution in [2.75, 3.05) is 20.1 Å². The summed E-state index contributed by atoms with van der Waals surface area (Å²) in [4.78, 5) is 14.6. The molecule has 1 heterocycles. The normalized spacial score (nSPS) is 19.2. The first-order valence-corrected chi connectivity index (χ1v) is 7.92. The van der Waals surface area contributed by atoms with Crippen LogP contribution in [0.15, 0.2) is 24.3 Å². The molecule has 0 bridgehead atoms. The first-order valence-electron chi connectivity index (χ1n) is 7.92. The summed E-state index contributed by atoms with van der Waals surface area (Å²) in [6.07, 6.45) is 1.82. The Hall–Kier alpha value is -1.86. The molecule has 1 aromatic carbocycles. The fraction of sp³-hybridized carbons (Fsp3) is 0.556. The van der Waals surface area contributed by atoms with Gasteiger partial charge in [-0.3, -0.25) is 4.79 Å². The lowest BCUT2D eigenvalue weighted by Crippen LogP contribution is -2.53. The van der Waals surface area contributed by atoms with E-state index in [1.54, 1.807) is 0 Å². The molecule has 1 N–H and O–H groups in total. The number of benzene rings is 1. The zero-order chi connectivity index (χ0) is 16.2. The van der Waals surface area contributed by atoms with Crippen LogP contribution < -0.4 is 5.32 Å². The number of likely N-dealkylation sites (tertiary alicyclic amines) is 1. The van der Waals surface area contributed by atoms with E-state index in [2.05, 4.69) is 42.3 Å². The van der Waals surface area contributed by atoms with Crippen molar-refractivity contribution in [3.05, 3.63) is 35.4 Å². The average Bonchev–Trinajstić information content (AvgIpc) is 2.50. The first-order chi connectivity index (χ1) is 10.5. The Labute approximate surface area is 133 Å². The lowest BCUT2D eigenvalue weighted by atomic mass is 9.88. The highest BCUT2D eigenvalue weighted by Gasteiger charge is 2.35. The molecular weight excluding hydrogens is 274 g/mol. The van der Waals surface area contributed by atoms with Crippen LogP contribution in [0.5, 0.6) is 0 Å². The van der Waals surface area contributed by atoms with Gasteiger partial charge in [0.15, 0.2) is 0 Å². The van der Waals surface area contributed by atoms with Gasteiger partial charge in [-0.2, -0.15) is 5.26 Å². The van der Waals surface area contributed by atoms with E-state index < -0.39 is 5.54 Å². The number of rotatable bonds is 4. The molecule has 2 rings (SSSR count). The third-order valence-corrected chi connectivity index (χ3v) is 4.64. The molecule has 4 nitrogen and oxygen atoms in total. The molecule has 4 heteroatoms. The molecule has 1 amide bonds. The van der Waals surface area contributed by atoms with Crippen LogP contribution in [0.1, 0.15) is 43.2 Å². The first kappa shape index (κ1) is 16.5. The van der Waals surface area contributed by atoms with Crippen molar-refractivity contribution in [2.24, 2.45) is 0 Å². The average molecular weight is 299 g/mol. The van der Waals surface area contributed by atoms with E-state index in [0.29, 0.717) is 19.3 Å². The molecule has 1 aliphatic rings. The van der Waals surface area contributed by atoms with Gasteiger partial charge in [0.1, 0.15) is 5.54 Å². The maximum absolute atomic E-state index is 12.4. The highest BCUT2D eigenvalue weighted by atomic mass is 16.1. The second-order valence-corrected chi connectivity index (χ2v) is 6.51. The van der Waals surface area contributed by atoms with Crippen molar-refractivity contribution in [2.45, 2.75) is 44.6 Å². The van der Waals surface area contributed by atoms with E-state index in [4.69, 9.17) is 0 Å². The SMILES string of the molecule is Cc1ccccc1C(C)CC(=O)NC1(C#N)CCN(C)CC1. The van der Waals surface area contributed by atoms with E-state index in [-0.39, 0.29) is 11.8 Å². The van der Waals surface area contributed by atoms with Gasteiger partial charge < -0.3 is 10.2 Å². The zero-order valence-electron chi connectivity index (χ0n) is 13.7. The molecular formula is C18H25N3O. The van der Waals surface area contributed by atoms with E-state index in [0.717, 1.165) is 13.1 Å². The van der Waals surface area contributed by atoms with Gasteiger partial charge in [-0.05, 0) is 43.9 Å². The van der Waals surface area contributed by atoms with Gasteiger partial charge in [0.2, 0.25) is 5.91 Å². The van der Waals surface area contributed by atoms with Crippen molar-refractivity contribution in [3.63, 3.8) is 0 Å². The quantitative estimate of drug-likeness (QED) is 0.929. The predicted octanol–water partition coefficient (Wildman–Crippen LogP) is 2.59. The van der Waals surface area contributed by atoms with Crippen LogP contribution in [-0.2, 0) is 4.79 Å². The number of hydrogen-bond donors (Lipinski definition) is 1. The van der Waals surface area contributed by atoms with Crippen LogP contribution in [0, 0.1) is 18.3 Å². The number of nitrogens with one attached hydrogen (secondary N) is 1. The van der Waals surface area contributed by atoms with Crippen molar-refractivity contribution in [1.29, 1.82) is 5.26 Å². The Morgan fingerprint density at radius 2 is 2.05 bits per heavy atom. The molecule has 22 heavy (non-hydrogen) atoms. The fourth-order valence-corrected chi connectivity index (χ4v) is 3.11. The Bertz CT molecular complexity index is 568. The van der Waals surface area contributed by atoms with Gasteiger partial charge in [-0.15, -0.1) is 0 Å². The van der Waals surface area contributed by atoms with Crippen molar-refractivity contribution < 1.29 is 4.79 Å². The van der Waals surface area contributed by atoms with Crippen LogP contribution in [-0.4, -0.2) is 36.5 Å². The minimum Gasteiger partial charge on any atom is -0.338 e. The van der Waals surface area contributed by atoms with E-state index in [9.17, 15) is 10.1 Å². The molecule has 1 aromatic rings. The summed E-state index contributed by atoms with van der Waals surface area (Å²) >= 11 is 0. The summed E-state index contributed by atoms with van der Waals surface area (Å²) in [5.41, 5.74) is 1.72. The predicted molar refractivity (Wildman–Crippen MR) is 87.4 cm³/mol. The lowest BCUT2D eigenvalue weighted by Gasteiger charge is -2.36. The number of nitriles is 1. The van der Waals surface area contributed by atoms with Crippen molar-refractivity contribution in [3.8, 4) is 6.07 Å². The van der Waals surface area contributed by atoms with Crippen molar-refractivity contribution >= 4 is 5.91 Å². The monoisotopic (exact) mass is 299 g/mol. The molecule has 1 atom stereocenters. The van der Waals surface area contributed by atoms with E-state index >= 15 is 0 Å². The minimum atomic E-state index is -0.685. The molecule has 1 aliphatic heterocycles. The second-order valence-electron chi connectivity index (χ2n) is 6.51. The molecule has 0 aliphatic carbocycles. The molecule has 0 radical (unpaired) electrons. The number of aryl methyl sites for hydroxylation is 1. The topological polar surface area (TPSA) is 56.1 Å². The summed E-state index contributed by atoms with van der Waals surface area (Å²) in [6.45, 7) is 5.83. The summed E-state index contributed by atoms with van der Waals surface area (Å²) < 4.78 is 0. The highest BCUT2D eigenvalue weighted by molar-refractivity contribution is 5.78.